The Hall–Kier alpha value is -2.02. The Morgan fingerprint density at radius 3 is 2.74 bits per heavy atom. The second-order valence-corrected chi connectivity index (χ2v) is 5.93. The maximum absolute atomic E-state index is 12.7. The molecular weight excluding hydrogens is 307 g/mol. The van der Waals surface area contributed by atoms with Crippen LogP contribution in [-0.4, -0.2) is 59.1 Å². The minimum Gasteiger partial charge on any atom is -0.360 e. The van der Waals surface area contributed by atoms with Gasteiger partial charge in [-0.15, -0.1) is 0 Å². The van der Waals surface area contributed by atoms with Crippen molar-refractivity contribution in [1.82, 2.24) is 14.8 Å². The maximum Gasteiger partial charge on any atom is 0.401 e. The summed E-state index contributed by atoms with van der Waals surface area (Å²) in [7, 11) is 0. The molecule has 0 aliphatic carbocycles. The van der Waals surface area contributed by atoms with Gasteiger partial charge < -0.3 is 9.88 Å². The minimum absolute atomic E-state index is 0.138. The first-order chi connectivity index (χ1) is 10.8. The third-order valence-corrected chi connectivity index (χ3v) is 4.25. The molecule has 1 aliphatic rings. The molecule has 1 saturated heterocycles. The number of benzene rings is 1. The summed E-state index contributed by atoms with van der Waals surface area (Å²) in [5.41, 5.74) is 1.44. The van der Waals surface area contributed by atoms with E-state index in [4.69, 9.17) is 0 Å². The molecule has 0 unspecified atom stereocenters. The summed E-state index contributed by atoms with van der Waals surface area (Å²) in [6, 6.07) is 7.17. The Morgan fingerprint density at radius 2 is 2.04 bits per heavy atom. The van der Waals surface area contributed by atoms with E-state index in [9.17, 15) is 18.0 Å². The van der Waals surface area contributed by atoms with Crippen LogP contribution in [0.4, 0.5) is 13.2 Å². The fraction of sp³-hybridized carbons (Fsp3) is 0.438. The summed E-state index contributed by atoms with van der Waals surface area (Å²) in [5.74, 6) is -0.138. The highest BCUT2D eigenvalue weighted by Crippen LogP contribution is 2.23. The van der Waals surface area contributed by atoms with Crippen LogP contribution < -0.4 is 0 Å². The molecule has 7 heteroatoms. The molecule has 4 nitrogen and oxygen atoms in total. The highest BCUT2D eigenvalue weighted by Gasteiger charge is 2.36. The fourth-order valence-electron chi connectivity index (χ4n) is 3.06. The van der Waals surface area contributed by atoms with Crippen molar-refractivity contribution in [2.45, 2.75) is 19.1 Å². The predicted octanol–water partition coefficient (Wildman–Crippen LogP) is 2.88. The number of amides is 1. The molecule has 1 atom stereocenters. The largest absolute Gasteiger partial charge is 0.401 e. The lowest BCUT2D eigenvalue weighted by molar-refractivity contribution is -0.153. The van der Waals surface area contributed by atoms with E-state index in [-0.39, 0.29) is 18.5 Å². The number of carbonyl (C=O) groups is 1. The summed E-state index contributed by atoms with van der Waals surface area (Å²) in [6.07, 6.45) is -2.54. The first-order valence-corrected chi connectivity index (χ1v) is 7.51. The minimum atomic E-state index is -4.21. The lowest BCUT2D eigenvalue weighted by atomic mass is 10.1. The maximum atomic E-state index is 12.7. The lowest BCUT2D eigenvalue weighted by Crippen LogP contribution is -2.55. The normalized spacial score (nSPS) is 20.2. The number of H-pyrrole nitrogens is 1. The number of rotatable bonds is 2. The average molecular weight is 325 g/mol. The van der Waals surface area contributed by atoms with Crippen LogP contribution in [-0.2, 0) is 0 Å². The highest BCUT2D eigenvalue weighted by atomic mass is 19.4. The Bertz CT molecular complexity index is 710. The van der Waals surface area contributed by atoms with Gasteiger partial charge in [-0.05, 0) is 13.0 Å². The van der Waals surface area contributed by atoms with Crippen molar-refractivity contribution in [3.05, 3.63) is 36.0 Å². The van der Waals surface area contributed by atoms with E-state index in [1.807, 2.05) is 24.3 Å². The number of nitrogens with zero attached hydrogens (tertiary/aromatic N) is 2. The van der Waals surface area contributed by atoms with Gasteiger partial charge in [-0.1, -0.05) is 18.2 Å². The second kappa shape index (κ2) is 5.88. The molecule has 0 saturated carbocycles. The Morgan fingerprint density at radius 1 is 1.30 bits per heavy atom. The average Bonchev–Trinajstić information content (AvgIpc) is 2.91. The van der Waals surface area contributed by atoms with Crippen LogP contribution in [0.3, 0.4) is 0 Å². The third kappa shape index (κ3) is 3.34. The van der Waals surface area contributed by atoms with Crippen LogP contribution in [0.15, 0.2) is 30.5 Å². The van der Waals surface area contributed by atoms with Crippen molar-refractivity contribution in [3.8, 4) is 0 Å². The summed E-state index contributed by atoms with van der Waals surface area (Å²) in [5, 5.41) is 0.836. The predicted molar refractivity (Wildman–Crippen MR) is 81.3 cm³/mol. The number of aromatic amines is 1. The van der Waals surface area contributed by atoms with Gasteiger partial charge in [0.05, 0.1) is 12.1 Å². The fourth-order valence-corrected chi connectivity index (χ4v) is 3.06. The smallest absolute Gasteiger partial charge is 0.360 e. The van der Waals surface area contributed by atoms with Crippen molar-refractivity contribution < 1.29 is 18.0 Å². The summed E-state index contributed by atoms with van der Waals surface area (Å²) in [4.78, 5) is 18.7. The topological polar surface area (TPSA) is 39.3 Å². The van der Waals surface area contributed by atoms with Crippen LogP contribution in [0.2, 0.25) is 0 Å². The van der Waals surface area contributed by atoms with E-state index >= 15 is 0 Å². The number of hydrogen-bond acceptors (Lipinski definition) is 2. The zero-order valence-corrected chi connectivity index (χ0v) is 12.7. The van der Waals surface area contributed by atoms with Gasteiger partial charge >= 0.3 is 6.18 Å². The first kappa shape index (κ1) is 15.9. The van der Waals surface area contributed by atoms with E-state index in [1.54, 1.807) is 18.0 Å². The van der Waals surface area contributed by atoms with Crippen molar-refractivity contribution >= 4 is 16.8 Å². The molecule has 1 aromatic heterocycles. The lowest BCUT2D eigenvalue weighted by Gasteiger charge is -2.40. The molecule has 1 aromatic carbocycles. The quantitative estimate of drug-likeness (QED) is 0.922. The van der Waals surface area contributed by atoms with Crippen molar-refractivity contribution in [2.75, 3.05) is 26.2 Å². The van der Waals surface area contributed by atoms with Gasteiger partial charge in [0.15, 0.2) is 0 Å². The van der Waals surface area contributed by atoms with Gasteiger partial charge in [-0.3, -0.25) is 9.69 Å². The van der Waals surface area contributed by atoms with Crippen LogP contribution >= 0.6 is 0 Å². The number of nitrogens with one attached hydrogen (secondary N) is 1. The number of halogens is 3. The van der Waals surface area contributed by atoms with Gasteiger partial charge in [0.25, 0.3) is 5.91 Å². The number of aromatic nitrogens is 1. The molecule has 1 fully saturated rings. The number of hydrogen-bond donors (Lipinski definition) is 1. The molecule has 1 amide bonds. The molecule has 1 aliphatic heterocycles. The summed E-state index contributed by atoms with van der Waals surface area (Å²) in [6.45, 7) is 1.63. The van der Waals surface area contributed by atoms with Crippen LogP contribution in [0.25, 0.3) is 10.9 Å². The zero-order chi connectivity index (χ0) is 16.6. The molecule has 0 bridgehead atoms. The summed E-state index contributed by atoms with van der Waals surface area (Å²) < 4.78 is 37.6. The number of para-hydroxylation sites is 1. The molecular formula is C16H18F3N3O. The highest BCUT2D eigenvalue weighted by molar-refractivity contribution is 6.06. The van der Waals surface area contributed by atoms with E-state index in [1.165, 1.54) is 4.90 Å². The van der Waals surface area contributed by atoms with Crippen molar-refractivity contribution in [1.29, 1.82) is 0 Å². The molecule has 3 rings (SSSR count). The van der Waals surface area contributed by atoms with E-state index in [2.05, 4.69) is 4.98 Å². The first-order valence-electron chi connectivity index (χ1n) is 7.51. The van der Waals surface area contributed by atoms with E-state index in [0.717, 1.165) is 10.9 Å². The van der Waals surface area contributed by atoms with Gasteiger partial charge in [0.1, 0.15) is 0 Å². The molecule has 0 spiro atoms. The van der Waals surface area contributed by atoms with Crippen molar-refractivity contribution in [3.63, 3.8) is 0 Å². The van der Waals surface area contributed by atoms with Gasteiger partial charge in [-0.2, -0.15) is 13.2 Å². The molecule has 23 heavy (non-hydrogen) atoms. The summed E-state index contributed by atoms with van der Waals surface area (Å²) >= 11 is 0. The number of fused-ring (bicyclic) bond motifs is 1. The Kier molecular flexibility index (Phi) is 4.06. The molecule has 2 heterocycles. The van der Waals surface area contributed by atoms with E-state index in [0.29, 0.717) is 18.7 Å². The van der Waals surface area contributed by atoms with Crippen LogP contribution in [0.5, 0.6) is 0 Å². The van der Waals surface area contributed by atoms with Crippen LogP contribution in [0.1, 0.15) is 17.3 Å². The Balaban J connectivity index is 1.73. The van der Waals surface area contributed by atoms with Gasteiger partial charge in [-0.25, -0.2) is 0 Å². The van der Waals surface area contributed by atoms with Gasteiger partial charge in [0, 0.05) is 42.8 Å². The molecule has 0 radical (unpaired) electrons. The van der Waals surface area contributed by atoms with Gasteiger partial charge in [0.2, 0.25) is 0 Å². The molecule has 124 valence electrons. The Labute approximate surface area is 131 Å². The number of carbonyl (C=O) groups excluding carboxylic acids is 1. The second-order valence-electron chi connectivity index (χ2n) is 5.93. The SMILES string of the molecule is C[C@H]1CN(C(=O)c2c[nH]c3ccccc23)CCN1CC(F)(F)F. The van der Waals surface area contributed by atoms with Crippen LogP contribution in [0, 0.1) is 0 Å². The number of piperazine rings is 1. The monoisotopic (exact) mass is 325 g/mol. The molecule has 1 N–H and O–H groups in total. The number of alkyl halides is 3. The zero-order valence-electron chi connectivity index (χ0n) is 12.7. The van der Waals surface area contributed by atoms with E-state index < -0.39 is 12.7 Å². The van der Waals surface area contributed by atoms with Crippen molar-refractivity contribution in [2.24, 2.45) is 0 Å². The third-order valence-electron chi connectivity index (χ3n) is 4.25. The standard InChI is InChI=1S/C16H18F3N3O/c1-11-9-21(6-7-22(11)10-16(17,18)19)15(23)13-8-20-14-5-3-2-4-12(13)14/h2-5,8,11,20H,6-7,9-10H2,1H3/t11-/m0/s1. The molecule has 2 aromatic rings.